The minimum atomic E-state index is -3.92. The fourth-order valence-electron chi connectivity index (χ4n) is 5.16. The second-order valence-corrected chi connectivity index (χ2v) is 13.5. The first-order chi connectivity index (χ1) is 17.9. The molecule has 8 nitrogen and oxygen atoms in total. The van der Waals surface area contributed by atoms with Crippen molar-refractivity contribution in [2.24, 2.45) is 5.41 Å². The van der Waals surface area contributed by atoms with Crippen molar-refractivity contribution in [3.05, 3.63) is 64.7 Å². The molecule has 1 aliphatic heterocycles. The highest BCUT2D eigenvalue weighted by Gasteiger charge is 2.40. The van der Waals surface area contributed by atoms with Crippen LogP contribution in [-0.4, -0.2) is 50.2 Å². The van der Waals surface area contributed by atoms with Crippen molar-refractivity contribution >= 4 is 21.8 Å². The Morgan fingerprint density at radius 1 is 1.13 bits per heavy atom. The summed E-state index contributed by atoms with van der Waals surface area (Å²) in [6.45, 7) is 10.5. The van der Waals surface area contributed by atoms with E-state index in [4.69, 9.17) is 0 Å². The van der Waals surface area contributed by atoms with E-state index < -0.39 is 22.0 Å². The molecule has 2 aliphatic rings. The van der Waals surface area contributed by atoms with E-state index in [2.05, 4.69) is 54.9 Å². The Balaban J connectivity index is 1.44. The smallest absolute Gasteiger partial charge is 0.243 e. The van der Waals surface area contributed by atoms with Crippen LogP contribution in [0.5, 0.6) is 0 Å². The topological polar surface area (TPSA) is 108 Å². The van der Waals surface area contributed by atoms with E-state index in [1.54, 1.807) is 24.3 Å². The SMILES string of the molecule is Cc1ccc(S(=O)(=O)N2CCNC(=O)C2CC(=O)N[C@@H]2CCCc3cc(CNCC(C)(C)C)ccc32)cc1. The van der Waals surface area contributed by atoms with Gasteiger partial charge in [0.15, 0.2) is 0 Å². The first kappa shape index (κ1) is 28.3. The summed E-state index contributed by atoms with van der Waals surface area (Å²) in [7, 11) is -3.92. The summed E-state index contributed by atoms with van der Waals surface area (Å²) in [5.41, 5.74) is 4.71. The van der Waals surface area contributed by atoms with Gasteiger partial charge >= 0.3 is 0 Å². The summed E-state index contributed by atoms with van der Waals surface area (Å²) in [4.78, 5) is 26.0. The predicted octanol–water partition coefficient (Wildman–Crippen LogP) is 3.20. The van der Waals surface area contributed by atoms with E-state index in [0.29, 0.717) is 0 Å². The van der Waals surface area contributed by atoms with Crippen molar-refractivity contribution < 1.29 is 18.0 Å². The minimum Gasteiger partial charge on any atom is -0.353 e. The van der Waals surface area contributed by atoms with E-state index in [1.807, 2.05) is 6.92 Å². The zero-order chi connectivity index (χ0) is 27.5. The fourth-order valence-corrected chi connectivity index (χ4v) is 6.75. The summed E-state index contributed by atoms with van der Waals surface area (Å²) in [5.74, 6) is -0.775. The second kappa shape index (κ2) is 11.6. The molecule has 38 heavy (non-hydrogen) atoms. The molecular weight excluding hydrogens is 500 g/mol. The van der Waals surface area contributed by atoms with Crippen LogP contribution in [0.15, 0.2) is 47.4 Å². The number of sulfonamides is 1. The third-order valence-corrected chi connectivity index (χ3v) is 9.05. The van der Waals surface area contributed by atoms with Crippen LogP contribution < -0.4 is 16.0 Å². The molecule has 1 unspecified atom stereocenters. The zero-order valence-corrected chi connectivity index (χ0v) is 23.7. The van der Waals surface area contributed by atoms with Gasteiger partial charge in [-0.15, -0.1) is 0 Å². The maximum absolute atomic E-state index is 13.4. The molecule has 4 rings (SSSR count). The van der Waals surface area contributed by atoms with E-state index in [-0.39, 0.29) is 41.8 Å². The first-order valence-electron chi connectivity index (χ1n) is 13.4. The van der Waals surface area contributed by atoms with E-state index in [1.165, 1.54) is 15.4 Å². The van der Waals surface area contributed by atoms with Crippen molar-refractivity contribution in [1.82, 2.24) is 20.3 Å². The van der Waals surface area contributed by atoms with Gasteiger partial charge in [-0.2, -0.15) is 4.31 Å². The highest BCUT2D eigenvalue weighted by Crippen LogP contribution is 2.31. The lowest BCUT2D eigenvalue weighted by molar-refractivity contribution is -0.132. The number of fused-ring (bicyclic) bond motifs is 1. The number of benzene rings is 2. The summed E-state index contributed by atoms with van der Waals surface area (Å²) in [5, 5.41) is 9.32. The molecule has 0 bridgehead atoms. The molecule has 0 radical (unpaired) electrons. The molecule has 1 saturated heterocycles. The molecule has 1 fully saturated rings. The van der Waals surface area contributed by atoms with Crippen LogP contribution in [-0.2, 0) is 32.6 Å². The molecule has 2 atom stereocenters. The number of hydrogen-bond donors (Lipinski definition) is 3. The van der Waals surface area contributed by atoms with Gasteiger partial charge in [0.05, 0.1) is 17.4 Å². The minimum absolute atomic E-state index is 0.122. The molecule has 3 N–H and O–H groups in total. The van der Waals surface area contributed by atoms with E-state index in [9.17, 15) is 18.0 Å². The average Bonchev–Trinajstić information content (AvgIpc) is 2.85. The molecule has 0 spiro atoms. The number of amides is 2. The highest BCUT2D eigenvalue weighted by atomic mass is 32.2. The first-order valence-corrected chi connectivity index (χ1v) is 14.9. The number of piperazine rings is 1. The van der Waals surface area contributed by atoms with Gasteiger partial charge in [0.2, 0.25) is 21.8 Å². The lowest BCUT2D eigenvalue weighted by Crippen LogP contribution is -2.58. The molecule has 206 valence electrons. The number of aryl methyl sites for hydroxylation is 2. The standard InChI is InChI=1S/C29H40N4O4S/c1-20-8-11-23(12-9-20)38(36,37)33-15-14-31-28(35)26(33)17-27(34)32-25-7-5-6-22-16-21(10-13-24(22)25)18-30-19-29(2,3)4/h8-13,16,25-26,30H,5-7,14-15,17-19H2,1-4H3,(H,31,35)(H,32,34)/t25-,26?/m1/s1. The van der Waals surface area contributed by atoms with Crippen LogP contribution in [0.1, 0.15) is 68.3 Å². The summed E-state index contributed by atoms with van der Waals surface area (Å²) in [6.07, 6.45) is 2.50. The quantitative estimate of drug-likeness (QED) is 0.477. The number of nitrogens with zero attached hydrogens (tertiary/aromatic N) is 1. The lowest BCUT2D eigenvalue weighted by atomic mass is 9.86. The average molecular weight is 541 g/mol. The van der Waals surface area contributed by atoms with Gasteiger partial charge in [-0.1, -0.05) is 56.7 Å². The van der Waals surface area contributed by atoms with Gasteiger partial charge < -0.3 is 16.0 Å². The Hall–Kier alpha value is -2.75. The number of carbonyl (C=O) groups is 2. The van der Waals surface area contributed by atoms with Gasteiger partial charge in [-0.05, 0) is 60.4 Å². The van der Waals surface area contributed by atoms with Gasteiger partial charge in [-0.25, -0.2) is 8.42 Å². The monoisotopic (exact) mass is 540 g/mol. The van der Waals surface area contributed by atoms with E-state index >= 15 is 0 Å². The number of carbonyl (C=O) groups excluding carboxylic acids is 2. The van der Waals surface area contributed by atoms with Crippen molar-refractivity contribution in [2.45, 2.75) is 76.9 Å². The van der Waals surface area contributed by atoms with Gasteiger partial charge in [0, 0.05) is 26.2 Å². The Kier molecular flexibility index (Phi) is 8.59. The molecule has 0 saturated carbocycles. The van der Waals surface area contributed by atoms with Crippen LogP contribution in [0.3, 0.4) is 0 Å². The molecular formula is C29H40N4O4S. The summed E-state index contributed by atoms with van der Waals surface area (Å²) >= 11 is 0. The molecule has 0 aromatic heterocycles. The fraction of sp³-hybridized carbons (Fsp3) is 0.517. The van der Waals surface area contributed by atoms with Crippen LogP contribution in [0.25, 0.3) is 0 Å². The molecule has 9 heteroatoms. The normalized spacial score (nSPS) is 20.5. The number of nitrogens with one attached hydrogen (secondary N) is 3. The zero-order valence-electron chi connectivity index (χ0n) is 22.8. The summed E-state index contributed by atoms with van der Waals surface area (Å²) in [6, 6.07) is 11.7. The third-order valence-electron chi connectivity index (χ3n) is 7.13. The largest absolute Gasteiger partial charge is 0.353 e. The van der Waals surface area contributed by atoms with Crippen LogP contribution in [0.2, 0.25) is 0 Å². The Morgan fingerprint density at radius 3 is 2.58 bits per heavy atom. The molecule has 2 aromatic rings. The lowest BCUT2D eigenvalue weighted by Gasteiger charge is -2.34. The van der Waals surface area contributed by atoms with Crippen molar-refractivity contribution in [2.75, 3.05) is 19.6 Å². The van der Waals surface area contributed by atoms with Crippen molar-refractivity contribution in [3.8, 4) is 0 Å². The Morgan fingerprint density at radius 2 is 1.87 bits per heavy atom. The van der Waals surface area contributed by atoms with Crippen LogP contribution in [0, 0.1) is 12.3 Å². The predicted molar refractivity (Wildman–Crippen MR) is 148 cm³/mol. The molecule has 1 aliphatic carbocycles. The number of rotatable bonds is 8. The third kappa shape index (κ3) is 6.81. The Labute approximate surface area is 226 Å². The van der Waals surface area contributed by atoms with Crippen molar-refractivity contribution in [3.63, 3.8) is 0 Å². The van der Waals surface area contributed by atoms with Crippen molar-refractivity contribution in [1.29, 1.82) is 0 Å². The second-order valence-electron chi connectivity index (χ2n) is 11.6. The van der Waals surface area contributed by atoms with Gasteiger partial charge in [-0.3, -0.25) is 9.59 Å². The van der Waals surface area contributed by atoms with Gasteiger partial charge in [0.1, 0.15) is 6.04 Å². The highest BCUT2D eigenvalue weighted by molar-refractivity contribution is 7.89. The van der Waals surface area contributed by atoms with E-state index in [0.717, 1.165) is 43.5 Å². The van der Waals surface area contributed by atoms with Crippen LogP contribution >= 0.6 is 0 Å². The molecule has 2 amide bonds. The van der Waals surface area contributed by atoms with Crippen LogP contribution in [0.4, 0.5) is 0 Å². The Bertz CT molecular complexity index is 1270. The summed E-state index contributed by atoms with van der Waals surface area (Å²) < 4.78 is 27.9. The molecule has 2 aromatic carbocycles. The van der Waals surface area contributed by atoms with Gasteiger partial charge in [0.25, 0.3) is 0 Å². The number of hydrogen-bond acceptors (Lipinski definition) is 5. The molecule has 1 heterocycles. The maximum atomic E-state index is 13.4. The maximum Gasteiger partial charge on any atom is 0.243 e.